The number of β-amino-alcohol motifs (C(OH)–C–C–N with tert-alkyl or cyclic N) is 1. The first-order valence-electron chi connectivity index (χ1n) is 28.8. The number of nitrogens with two attached hydrogens (primary N) is 1. The third kappa shape index (κ3) is 19.0. The molecular weight excluding hydrogens is 1140 g/mol. The second-order valence-electron chi connectivity index (χ2n) is 21.8. The molecule has 3 aromatic carbocycles. The first-order valence-corrected chi connectivity index (χ1v) is 29.7. The number of fused-ring (bicyclic) bond motifs is 1. The number of carbonyl (C=O) groups excluding carboxylic acids is 4. The number of anilines is 1. The van der Waals surface area contributed by atoms with E-state index < -0.39 is 29.5 Å². The molecule has 7 aromatic rings. The summed E-state index contributed by atoms with van der Waals surface area (Å²) in [6.07, 6.45) is 4.41. The number of nitrogens with zero attached hydrogens (tertiary/aromatic N) is 7. The van der Waals surface area contributed by atoms with Crippen LogP contribution in [0.2, 0.25) is 0 Å². The number of pyridine rings is 1. The zero-order valence-electron chi connectivity index (χ0n) is 50.2. The maximum absolute atomic E-state index is 14.0. The largest absolute Gasteiger partial charge is 0.497 e. The number of rotatable bonds is 34. The fraction of sp³-hybridized carbons (Fsp3) is 0.452. The second-order valence-corrected chi connectivity index (χ2v) is 22.6. The van der Waals surface area contributed by atoms with Crippen molar-refractivity contribution in [3.05, 3.63) is 119 Å². The molecule has 0 spiro atoms. The molecule has 5 heterocycles. The van der Waals surface area contributed by atoms with Crippen LogP contribution >= 0.6 is 11.3 Å². The first-order chi connectivity index (χ1) is 42.1. The fourth-order valence-electron chi connectivity index (χ4n) is 9.56. The van der Waals surface area contributed by atoms with Gasteiger partial charge in [0.2, 0.25) is 29.6 Å². The van der Waals surface area contributed by atoms with Gasteiger partial charge < -0.3 is 69.6 Å². The lowest BCUT2D eigenvalue weighted by Crippen LogP contribution is -2.57. The molecule has 1 saturated heterocycles. The lowest BCUT2D eigenvalue weighted by molar-refractivity contribution is -0.144. The number of amides is 4. The Morgan fingerprint density at radius 2 is 1.41 bits per heavy atom. The van der Waals surface area contributed by atoms with Gasteiger partial charge in [-0.1, -0.05) is 63.2 Å². The highest BCUT2D eigenvalue weighted by Crippen LogP contribution is 2.32. The van der Waals surface area contributed by atoms with Crippen molar-refractivity contribution < 1.29 is 62.2 Å². The lowest BCUT2D eigenvalue weighted by Gasteiger charge is -2.35. The summed E-state index contributed by atoms with van der Waals surface area (Å²) in [5, 5.41) is 23.6. The lowest BCUT2D eigenvalue weighted by atomic mass is 9.85. The fourth-order valence-corrected chi connectivity index (χ4v) is 10.4. The van der Waals surface area contributed by atoms with E-state index in [-0.39, 0.29) is 63.4 Å². The summed E-state index contributed by atoms with van der Waals surface area (Å²) in [5.74, 6) is 0.897. The van der Waals surface area contributed by atoms with Gasteiger partial charge in [0, 0.05) is 56.0 Å². The normalized spacial score (nSPS) is 14.5. The minimum absolute atomic E-state index is 0.0139. The molecule has 466 valence electrons. The summed E-state index contributed by atoms with van der Waals surface area (Å²) in [7, 11) is 3.23. The number of aliphatic hydroxyl groups excluding tert-OH is 1. The standard InChI is InChI=1S/C62H79N11O13S/c1-41-56(87-40-67-41)45-12-7-42(8-13-45)32-66-59(77)51-31-48(74)37-72(51)60(78)57(62(2,3)4)70-54(75)17-19-81-21-23-83-25-27-85-28-26-84-24-22-82-20-18-64-55(76)38-71-36-47(34-68-71)46-30-50-58(65-33-46)73(61(63)69-50)35-44-11-16-52(53(29-44)80-6)86-39-43-9-14-49(79-5)15-10-43/h7-16,29-30,33-34,36,40,48,51,57,74H,17-28,31-32,35,37-39H2,1-6H3,(H2,63,69)(H,64,76)(H,66,77)(H,70,75)/t48-,51+,57-/m1/s1. The summed E-state index contributed by atoms with van der Waals surface area (Å²) >= 11 is 1.57. The molecule has 87 heavy (non-hydrogen) atoms. The topological polar surface area (TPSA) is 289 Å². The van der Waals surface area contributed by atoms with Gasteiger partial charge in [-0.3, -0.25) is 28.4 Å². The minimum atomic E-state index is -0.941. The monoisotopic (exact) mass is 1220 g/mol. The molecule has 8 rings (SSSR count). The van der Waals surface area contributed by atoms with Crippen LogP contribution in [0.1, 0.15) is 56.0 Å². The first kappa shape index (κ1) is 64.9. The summed E-state index contributed by atoms with van der Waals surface area (Å²) in [6, 6.07) is 21.3. The maximum atomic E-state index is 14.0. The van der Waals surface area contributed by atoms with Crippen molar-refractivity contribution in [3.8, 4) is 38.8 Å². The van der Waals surface area contributed by atoms with Crippen molar-refractivity contribution in [2.24, 2.45) is 5.41 Å². The number of benzene rings is 3. The van der Waals surface area contributed by atoms with Gasteiger partial charge in [0.1, 0.15) is 36.5 Å². The number of aromatic nitrogens is 6. The van der Waals surface area contributed by atoms with Gasteiger partial charge in [-0.05, 0) is 64.9 Å². The third-order valence-electron chi connectivity index (χ3n) is 14.3. The molecule has 1 aliphatic rings. The highest BCUT2D eigenvalue weighted by atomic mass is 32.1. The number of likely N-dealkylation sites (tertiary alicyclic amines) is 1. The highest BCUT2D eigenvalue weighted by molar-refractivity contribution is 7.13. The van der Waals surface area contributed by atoms with Crippen LogP contribution in [0.3, 0.4) is 0 Å². The van der Waals surface area contributed by atoms with Crippen molar-refractivity contribution in [3.63, 3.8) is 0 Å². The SMILES string of the molecule is COc1ccc(COc2ccc(Cn3c(N)nc4cc(-c5cnn(CC(=O)NCCOCCOCCOCCOCCOCCC(=O)N[C@H](C(=O)N6C[C@H](O)C[C@H]6C(=O)NCc6ccc(-c7scnc7C)cc6)C(C)(C)C)c5)cnc43)cc2OC)cc1. The van der Waals surface area contributed by atoms with Gasteiger partial charge in [0.15, 0.2) is 17.1 Å². The molecule has 0 radical (unpaired) electrons. The van der Waals surface area contributed by atoms with Crippen LogP contribution in [0.5, 0.6) is 17.2 Å². The van der Waals surface area contributed by atoms with Gasteiger partial charge >= 0.3 is 0 Å². The Morgan fingerprint density at radius 1 is 0.747 bits per heavy atom. The number of ether oxygens (including phenoxy) is 8. The number of imidazole rings is 1. The van der Waals surface area contributed by atoms with E-state index in [2.05, 4.69) is 31.0 Å². The highest BCUT2D eigenvalue weighted by Gasteiger charge is 2.44. The van der Waals surface area contributed by atoms with Crippen LogP contribution in [0.4, 0.5) is 5.95 Å². The molecule has 1 aliphatic heterocycles. The maximum Gasteiger partial charge on any atom is 0.246 e. The summed E-state index contributed by atoms with van der Waals surface area (Å²) in [4.78, 5) is 69.2. The van der Waals surface area contributed by atoms with E-state index in [1.54, 1.807) is 48.8 Å². The smallest absolute Gasteiger partial charge is 0.246 e. The number of nitrogen functional groups attached to an aromatic ring is 1. The molecule has 25 heteroatoms. The van der Waals surface area contributed by atoms with Gasteiger partial charge in [-0.2, -0.15) is 5.10 Å². The van der Waals surface area contributed by atoms with E-state index in [9.17, 15) is 24.3 Å². The molecular formula is C62H79N11O13S. The molecule has 1 fully saturated rings. The number of hydrogen-bond donors (Lipinski definition) is 5. The van der Waals surface area contributed by atoms with Gasteiger partial charge in [0.25, 0.3) is 0 Å². The van der Waals surface area contributed by atoms with E-state index in [1.807, 2.05) is 111 Å². The number of nitrogens with one attached hydrogen (secondary N) is 3. The molecule has 0 bridgehead atoms. The van der Waals surface area contributed by atoms with Gasteiger partial charge in [-0.15, -0.1) is 11.3 Å². The minimum Gasteiger partial charge on any atom is -0.497 e. The zero-order chi connectivity index (χ0) is 61.7. The number of aliphatic hydroxyl groups is 1. The van der Waals surface area contributed by atoms with Crippen LogP contribution in [-0.2, 0) is 69.1 Å². The molecule has 6 N–H and O–H groups in total. The van der Waals surface area contributed by atoms with Crippen LogP contribution in [0.25, 0.3) is 32.7 Å². The predicted molar refractivity (Wildman–Crippen MR) is 326 cm³/mol. The molecule has 4 amide bonds. The average molecular weight is 1220 g/mol. The number of methoxy groups -OCH3 is 2. The van der Waals surface area contributed by atoms with Crippen molar-refractivity contribution in [1.29, 1.82) is 0 Å². The van der Waals surface area contributed by atoms with E-state index in [0.29, 0.717) is 101 Å². The van der Waals surface area contributed by atoms with Gasteiger partial charge in [-0.25, -0.2) is 15.0 Å². The Balaban J connectivity index is 0.624. The van der Waals surface area contributed by atoms with Gasteiger partial charge in [0.05, 0.1) is 115 Å². The van der Waals surface area contributed by atoms with Crippen LogP contribution in [0.15, 0.2) is 96.9 Å². The molecule has 4 aromatic heterocycles. The summed E-state index contributed by atoms with van der Waals surface area (Å²) in [5.41, 5.74) is 15.1. The van der Waals surface area contributed by atoms with Crippen LogP contribution in [0, 0.1) is 12.3 Å². The Bertz CT molecular complexity index is 3350. The molecule has 0 aliphatic carbocycles. The van der Waals surface area contributed by atoms with E-state index in [1.165, 1.54) is 4.90 Å². The molecule has 3 atom stereocenters. The Hall–Kier alpha value is -8.04. The van der Waals surface area contributed by atoms with Crippen molar-refractivity contribution in [2.75, 3.05) is 99.1 Å². The quantitative estimate of drug-likeness (QED) is 0.0318. The number of aryl methyl sites for hydroxylation is 1. The third-order valence-corrected chi connectivity index (χ3v) is 15.2. The Labute approximate surface area is 509 Å². The van der Waals surface area contributed by atoms with Crippen molar-refractivity contribution in [2.45, 2.75) is 85.0 Å². The number of thiazole rings is 1. The van der Waals surface area contributed by atoms with Crippen LogP contribution in [-0.4, -0.2) is 175 Å². The second kappa shape index (κ2) is 32.1. The molecule has 0 saturated carbocycles. The van der Waals surface area contributed by atoms with Crippen LogP contribution < -0.4 is 35.9 Å². The Kier molecular flexibility index (Phi) is 24.0. The summed E-state index contributed by atoms with van der Waals surface area (Å²) < 4.78 is 48.3. The average Bonchev–Trinajstić information content (AvgIpc) is 3.20. The predicted octanol–water partition coefficient (Wildman–Crippen LogP) is 5.35. The summed E-state index contributed by atoms with van der Waals surface area (Å²) in [6.45, 7) is 12.0. The van der Waals surface area contributed by atoms with Crippen molar-refractivity contribution in [1.82, 2.24) is 50.1 Å². The van der Waals surface area contributed by atoms with Crippen molar-refractivity contribution >= 4 is 52.1 Å². The Morgan fingerprint density at radius 3 is 2.07 bits per heavy atom. The molecule has 24 nitrogen and oxygen atoms in total. The number of hydrogen-bond acceptors (Lipinski definition) is 19. The number of carbonyl (C=O) groups is 4. The van der Waals surface area contributed by atoms with E-state index in [4.69, 9.17) is 48.6 Å². The van der Waals surface area contributed by atoms with E-state index >= 15 is 0 Å². The molecule has 0 unspecified atom stereocenters. The van der Waals surface area contributed by atoms with E-state index in [0.717, 1.165) is 49.7 Å². The zero-order valence-corrected chi connectivity index (χ0v) is 51.0.